The normalized spacial score (nSPS) is 13.1. The van der Waals surface area contributed by atoms with Crippen LogP contribution < -0.4 is 0 Å². The molecule has 0 fully saturated rings. The third-order valence-electron chi connectivity index (χ3n) is 8.94. The summed E-state index contributed by atoms with van der Waals surface area (Å²) in [4.78, 5) is 0. The van der Waals surface area contributed by atoms with E-state index in [2.05, 4.69) is 236 Å². The monoisotopic (exact) mass is 695 g/mol. The summed E-state index contributed by atoms with van der Waals surface area (Å²) in [6.45, 7) is 63.1. The van der Waals surface area contributed by atoms with Crippen LogP contribution in [0, 0.1) is 22.2 Å². The third kappa shape index (κ3) is 27.1. The molecule has 0 aliphatic carbocycles. The van der Waals surface area contributed by atoms with E-state index in [0.29, 0.717) is 16.2 Å². The maximum Gasteiger partial charge on any atom is -0.0132 e. The number of hydrogen-bond acceptors (Lipinski definition) is 0. The highest BCUT2D eigenvalue weighted by molar-refractivity contribution is 5.40. The number of hydrogen-bond donors (Lipinski definition) is 0. The van der Waals surface area contributed by atoms with Gasteiger partial charge in [-0.1, -0.05) is 243 Å². The third-order valence-corrected chi connectivity index (χ3v) is 8.94. The highest BCUT2D eigenvalue weighted by Crippen LogP contribution is 2.34. The summed E-state index contributed by atoms with van der Waals surface area (Å²) in [6, 6.07) is 16.2. The molecule has 0 saturated carbocycles. The van der Waals surface area contributed by atoms with Gasteiger partial charge in [0, 0.05) is 0 Å². The molecule has 0 nitrogen and oxygen atoms in total. The first kappa shape index (κ1) is 52.8. The van der Waals surface area contributed by atoms with Gasteiger partial charge in [-0.05, 0) is 77.1 Å². The van der Waals surface area contributed by atoms with Crippen molar-refractivity contribution in [1.82, 2.24) is 0 Å². The minimum atomic E-state index is 0.210. The van der Waals surface area contributed by atoms with Crippen LogP contribution in [0.5, 0.6) is 0 Å². The highest BCUT2D eigenvalue weighted by Gasteiger charge is 2.24. The molecule has 0 spiro atoms. The molecule has 0 heteroatoms. The Morgan fingerprint density at radius 2 is 0.500 bits per heavy atom. The molecule has 0 amide bonds. The van der Waals surface area contributed by atoms with Gasteiger partial charge in [0.2, 0.25) is 0 Å². The van der Waals surface area contributed by atoms with Crippen LogP contribution in [0.25, 0.3) is 0 Å². The van der Waals surface area contributed by atoms with Crippen molar-refractivity contribution >= 4 is 0 Å². The molecule has 0 aliphatic rings. The Labute approximate surface area is 318 Å². The van der Waals surface area contributed by atoms with E-state index in [9.17, 15) is 0 Å². The van der Waals surface area contributed by atoms with Crippen LogP contribution in [0.4, 0.5) is 0 Å². The average molecular weight is 695 g/mol. The van der Waals surface area contributed by atoms with Gasteiger partial charge in [0.1, 0.15) is 0 Å². The first-order valence-corrected chi connectivity index (χ1v) is 19.8. The molecule has 0 bridgehead atoms. The fourth-order valence-corrected chi connectivity index (χ4v) is 3.40. The molecule has 50 heavy (non-hydrogen) atoms. The molecule has 0 aromatic heterocycles. The second-order valence-electron chi connectivity index (χ2n) is 24.1. The van der Waals surface area contributed by atoms with Crippen LogP contribution >= 0.6 is 0 Å². The van der Waals surface area contributed by atoms with Crippen LogP contribution in [-0.4, -0.2) is 0 Å². The SMILES string of the molecule is CC(C)(C)C.CC(C)(C)c1cc(C(C)(C)C)cc(C(C)(C)C)c1.CC(C)(C)c1ccc(C(C)(C)C)cc1.CC(C)C(C)(C)C.CCC(C)(C)C. The first-order chi connectivity index (χ1) is 21.5. The van der Waals surface area contributed by atoms with Gasteiger partial charge in [-0.25, -0.2) is 0 Å². The van der Waals surface area contributed by atoms with Crippen molar-refractivity contribution in [3.63, 3.8) is 0 Å². The van der Waals surface area contributed by atoms with Crippen molar-refractivity contribution in [2.45, 2.75) is 227 Å². The molecule has 0 radical (unpaired) electrons. The van der Waals surface area contributed by atoms with Crippen molar-refractivity contribution in [3.05, 3.63) is 70.3 Å². The maximum absolute atomic E-state index is 2.38. The van der Waals surface area contributed by atoms with E-state index in [1.807, 2.05) is 0 Å². The lowest BCUT2D eigenvalue weighted by molar-refractivity contribution is 0.283. The molecule has 2 aromatic rings. The molecular formula is C50H94. The largest absolute Gasteiger partial charge is 0.0649 e. The van der Waals surface area contributed by atoms with Crippen molar-refractivity contribution in [2.24, 2.45) is 22.2 Å². The van der Waals surface area contributed by atoms with Gasteiger partial charge in [0.25, 0.3) is 0 Å². The molecule has 2 rings (SSSR count). The molecule has 2 aromatic carbocycles. The average Bonchev–Trinajstić information content (AvgIpc) is 2.85. The lowest BCUT2D eigenvalue weighted by atomic mass is 9.76. The predicted octanol–water partition coefficient (Wildman–Crippen LogP) is 17.0. The van der Waals surface area contributed by atoms with Gasteiger partial charge in [-0.15, -0.1) is 0 Å². The number of rotatable bonds is 0. The van der Waals surface area contributed by atoms with E-state index in [1.165, 1.54) is 34.2 Å². The van der Waals surface area contributed by atoms with Crippen molar-refractivity contribution in [1.29, 1.82) is 0 Å². The van der Waals surface area contributed by atoms with E-state index in [1.54, 1.807) is 0 Å². The summed E-state index contributed by atoms with van der Waals surface area (Å²) in [5.74, 6) is 0.799. The standard InChI is InChI=1S/C18H30.C14H22.C7H16.C6H14.C5H12/c1-16(2,3)13-10-14(17(4,5)6)12-15(11-13)18(7,8)9;1-13(2,3)11-7-9-12(10-8-11)14(4,5)6;1-6(2)7(3,4)5;1-5-6(2,3)4;1-5(2,3)4/h10-12H,1-9H3;7-10H,1-6H3;6H,1-5H3;5H2,1-4H3;1-4H3. The molecule has 0 saturated heterocycles. The Hall–Kier alpha value is -1.56. The Bertz CT molecular complexity index is 1060. The second kappa shape index (κ2) is 19.5. The Morgan fingerprint density at radius 1 is 0.360 bits per heavy atom. The fourth-order valence-electron chi connectivity index (χ4n) is 3.40. The zero-order valence-corrected chi connectivity index (χ0v) is 39.8. The smallest absolute Gasteiger partial charge is 0.0132 e. The van der Waals surface area contributed by atoms with Gasteiger partial charge < -0.3 is 0 Å². The Kier molecular flexibility index (Phi) is 20.6. The lowest BCUT2D eigenvalue weighted by Gasteiger charge is -2.29. The molecular weight excluding hydrogens is 601 g/mol. The molecule has 0 unspecified atom stereocenters. The van der Waals surface area contributed by atoms with Crippen LogP contribution in [0.15, 0.2) is 42.5 Å². The summed E-state index contributed by atoms with van der Waals surface area (Å²) >= 11 is 0. The van der Waals surface area contributed by atoms with Crippen molar-refractivity contribution in [3.8, 4) is 0 Å². The fraction of sp³-hybridized carbons (Fsp3) is 0.760. The lowest BCUT2D eigenvalue weighted by Crippen LogP contribution is -2.20. The first-order valence-electron chi connectivity index (χ1n) is 19.8. The van der Waals surface area contributed by atoms with Gasteiger partial charge in [0.05, 0.1) is 0 Å². The molecule has 0 heterocycles. The van der Waals surface area contributed by atoms with Gasteiger partial charge in [-0.2, -0.15) is 0 Å². The van der Waals surface area contributed by atoms with Crippen LogP contribution in [0.2, 0.25) is 0 Å². The molecule has 0 N–H and O–H groups in total. The van der Waals surface area contributed by atoms with Crippen LogP contribution in [-0.2, 0) is 27.1 Å². The summed E-state index contributed by atoms with van der Waals surface area (Å²) in [5, 5.41) is 0. The molecule has 0 aliphatic heterocycles. The zero-order valence-electron chi connectivity index (χ0n) is 39.8. The summed E-state index contributed by atoms with van der Waals surface area (Å²) in [7, 11) is 0. The van der Waals surface area contributed by atoms with E-state index < -0.39 is 0 Å². The summed E-state index contributed by atoms with van der Waals surface area (Å²) in [5.41, 5.74) is 9.84. The summed E-state index contributed by atoms with van der Waals surface area (Å²) < 4.78 is 0. The second-order valence-corrected chi connectivity index (χ2v) is 24.1. The van der Waals surface area contributed by atoms with Gasteiger partial charge in [0.15, 0.2) is 0 Å². The topological polar surface area (TPSA) is 0 Å². The van der Waals surface area contributed by atoms with Crippen molar-refractivity contribution < 1.29 is 0 Å². The highest BCUT2D eigenvalue weighted by atomic mass is 14.3. The Balaban J connectivity index is -0.000000608. The minimum absolute atomic E-state index is 0.210. The van der Waals surface area contributed by atoms with Gasteiger partial charge in [-0.3, -0.25) is 0 Å². The maximum atomic E-state index is 2.38. The zero-order chi connectivity index (χ0) is 41.1. The molecule has 294 valence electrons. The van der Waals surface area contributed by atoms with Crippen LogP contribution in [0.3, 0.4) is 0 Å². The number of benzene rings is 2. The van der Waals surface area contributed by atoms with E-state index in [-0.39, 0.29) is 27.1 Å². The van der Waals surface area contributed by atoms with E-state index in [0.717, 1.165) is 5.92 Å². The quantitative estimate of drug-likeness (QED) is 0.257. The van der Waals surface area contributed by atoms with E-state index in [4.69, 9.17) is 0 Å². The summed E-state index contributed by atoms with van der Waals surface area (Å²) in [6.07, 6.45) is 1.27. The van der Waals surface area contributed by atoms with Gasteiger partial charge >= 0.3 is 0 Å². The molecule has 0 atom stereocenters. The minimum Gasteiger partial charge on any atom is -0.0649 e. The van der Waals surface area contributed by atoms with Crippen LogP contribution in [0.1, 0.15) is 228 Å². The predicted molar refractivity (Wildman–Crippen MR) is 236 cm³/mol. The van der Waals surface area contributed by atoms with Crippen molar-refractivity contribution in [2.75, 3.05) is 0 Å². The van der Waals surface area contributed by atoms with E-state index >= 15 is 0 Å². The Morgan fingerprint density at radius 3 is 0.580 bits per heavy atom.